The summed E-state index contributed by atoms with van der Waals surface area (Å²) in [5, 5.41) is 14.5. The Morgan fingerprint density at radius 3 is 2.32 bits per heavy atom. The molecule has 4 N–H and O–H groups in total. The molecule has 19 heavy (non-hydrogen) atoms. The Morgan fingerprint density at radius 2 is 1.84 bits per heavy atom. The summed E-state index contributed by atoms with van der Waals surface area (Å²) in [5.74, 6) is -0.292. The molecule has 5 heteroatoms. The number of hydrogen-bond donors (Lipinski definition) is 3. The molecule has 0 aromatic heterocycles. The molecule has 0 saturated carbocycles. The summed E-state index contributed by atoms with van der Waals surface area (Å²) >= 11 is 0. The largest absolute Gasteiger partial charge is 0.409 e. The van der Waals surface area contributed by atoms with E-state index in [4.69, 9.17) is 10.9 Å². The molecule has 5 nitrogen and oxygen atoms in total. The maximum atomic E-state index is 12.1. The number of nitrogens with zero attached hydrogens (tertiary/aromatic N) is 1. The van der Waals surface area contributed by atoms with Crippen molar-refractivity contribution < 1.29 is 10.0 Å². The number of nitrogens with two attached hydrogens (primary N) is 1. The van der Waals surface area contributed by atoms with Gasteiger partial charge >= 0.3 is 0 Å². The maximum absolute atomic E-state index is 12.1. The molecular formula is C14H29N3O2. The zero-order chi connectivity index (χ0) is 15.1. The lowest BCUT2D eigenvalue weighted by atomic mass is 9.85. The summed E-state index contributed by atoms with van der Waals surface area (Å²) in [4.78, 5) is 12.1. The van der Waals surface area contributed by atoms with Gasteiger partial charge < -0.3 is 16.3 Å². The predicted molar refractivity (Wildman–Crippen MR) is 78.1 cm³/mol. The molecular weight excluding hydrogens is 242 g/mol. The third-order valence-corrected chi connectivity index (χ3v) is 3.50. The van der Waals surface area contributed by atoms with Crippen molar-refractivity contribution in [3.63, 3.8) is 0 Å². The number of rotatable bonds is 8. The first-order chi connectivity index (χ1) is 8.67. The van der Waals surface area contributed by atoms with Crippen LogP contribution >= 0.6 is 0 Å². The standard InChI is InChI=1S/C14H29N3O2/c1-6-7-8-9-13(2,3)10-16-12(18)14(4,5)11(15)17-19/h19H,6-10H2,1-5H3,(H2,15,17)(H,16,18). The van der Waals surface area contributed by atoms with E-state index in [1.165, 1.54) is 19.3 Å². The Labute approximate surface area is 116 Å². The highest BCUT2D eigenvalue weighted by molar-refractivity contribution is 6.05. The lowest BCUT2D eigenvalue weighted by molar-refractivity contribution is -0.126. The van der Waals surface area contributed by atoms with Gasteiger partial charge in [-0.3, -0.25) is 4.79 Å². The molecule has 0 unspecified atom stereocenters. The first kappa shape index (κ1) is 17.7. The molecule has 0 radical (unpaired) electrons. The summed E-state index contributed by atoms with van der Waals surface area (Å²) in [7, 11) is 0. The first-order valence-electron chi connectivity index (χ1n) is 6.93. The molecule has 0 saturated heterocycles. The average molecular weight is 271 g/mol. The number of amides is 1. The number of hydrogen-bond acceptors (Lipinski definition) is 3. The zero-order valence-corrected chi connectivity index (χ0v) is 12.9. The van der Waals surface area contributed by atoms with E-state index in [9.17, 15) is 4.79 Å². The number of oxime groups is 1. The van der Waals surface area contributed by atoms with Crippen LogP contribution in [0.15, 0.2) is 5.16 Å². The van der Waals surface area contributed by atoms with Crippen molar-refractivity contribution in [3.05, 3.63) is 0 Å². The van der Waals surface area contributed by atoms with E-state index < -0.39 is 5.41 Å². The maximum Gasteiger partial charge on any atom is 0.233 e. The molecule has 0 aromatic rings. The number of carbonyl (C=O) groups is 1. The highest BCUT2D eigenvalue weighted by Gasteiger charge is 2.33. The minimum atomic E-state index is -0.992. The molecule has 0 aliphatic heterocycles. The van der Waals surface area contributed by atoms with Gasteiger partial charge in [0.25, 0.3) is 0 Å². The number of carbonyl (C=O) groups excluding carboxylic acids is 1. The van der Waals surface area contributed by atoms with Crippen LogP contribution in [0.5, 0.6) is 0 Å². The predicted octanol–water partition coefficient (Wildman–Crippen LogP) is 2.48. The van der Waals surface area contributed by atoms with E-state index in [1.54, 1.807) is 13.8 Å². The number of unbranched alkanes of at least 4 members (excludes halogenated alkanes) is 2. The number of amidine groups is 1. The van der Waals surface area contributed by atoms with Gasteiger partial charge in [-0.2, -0.15) is 0 Å². The topological polar surface area (TPSA) is 87.7 Å². The normalized spacial score (nSPS) is 13.4. The highest BCUT2D eigenvalue weighted by Crippen LogP contribution is 2.23. The van der Waals surface area contributed by atoms with Crippen LogP contribution in [0.3, 0.4) is 0 Å². The molecule has 112 valence electrons. The van der Waals surface area contributed by atoms with Crippen molar-refractivity contribution in [2.45, 2.75) is 60.3 Å². The quantitative estimate of drug-likeness (QED) is 0.208. The van der Waals surface area contributed by atoms with Gasteiger partial charge in [-0.15, -0.1) is 0 Å². The average Bonchev–Trinajstić information content (AvgIpc) is 2.34. The molecule has 0 rings (SSSR count). The summed E-state index contributed by atoms with van der Waals surface area (Å²) in [6.07, 6.45) is 4.65. The molecule has 0 fully saturated rings. The van der Waals surface area contributed by atoms with Gasteiger partial charge in [0, 0.05) is 6.54 Å². The monoisotopic (exact) mass is 271 g/mol. The zero-order valence-electron chi connectivity index (χ0n) is 12.9. The van der Waals surface area contributed by atoms with Gasteiger partial charge in [0.2, 0.25) is 5.91 Å². The fourth-order valence-electron chi connectivity index (χ4n) is 1.72. The third kappa shape index (κ3) is 5.94. The van der Waals surface area contributed by atoms with Crippen LogP contribution < -0.4 is 11.1 Å². The fourth-order valence-corrected chi connectivity index (χ4v) is 1.72. The van der Waals surface area contributed by atoms with Crippen LogP contribution in [0, 0.1) is 10.8 Å². The second-order valence-electron chi connectivity index (χ2n) is 6.41. The van der Waals surface area contributed by atoms with E-state index in [0.29, 0.717) is 6.54 Å². The van der Waals surface area contributed by atoms with Gasteiger partial charge in [0.15, 0.2) is 5.84 Å². The summed E-state index contributed by atoms with van der Waals surface area (Å²) in [6, 6.07) is 0. The third-order valence-electron chi connectivity index (χ3n) is 3.50. The Kier molecular flexibility index (Phi) is 6.87. The van der Waals surface area contributed by atoms with Gasteiger partial charge in [0.1, 0.15) is 5.41 Å². The summed E-state index contributed by atoms with van der Waals surface area (Å²) < 4.78 is 0. The fraction of sp³-hybridized carbons (Fsp3) is 0.857. The van der Waals surface area contributed by atoms with Crippen molar-refractivity contribution in [1.29, 1.82) is 0 Å². The van der Waals surface area contributed by atoms with Crippen molar-refractivity contribution >= 4 is 11.7 Å². The molecule has 1 amide bonds. The Hall–Kier alpha value is -1.26. The van der Waals surface area contributed by atoms with Crippen LogP contribution in [-0.4, -0.2) is 23.5 Å². The van der Waals surface area contributed by atoms with Crippen LogP contribution in [0.2, 0.25) is 0 Å². The summed E-state index contributed by atoms with van der Waals surface area (Å²) in [6.45, 7) is 10.3. The van der Waals surface area contributed by atoms with Crippen LogP contribution in [0.4, 0.5) is 0 Å². The van der Waals surface area contributed by atoms with Crippen LogP contribution in [0.25, 0.3) is 0 Å². The van der Waals surface area contributed by atoms with E-state index >= 15 is 0 Å². The lowest BCUT2D eigenvalue weighted by Gasteiger charge is -2.28. The second-order valence-corrected chi connectivity index (χ2v) is 6.41. The van der Waals surface area contributed by atoms with E-state index in [-0.39, 0.29) is 17.2 Å². The van der Waals surface area contributed by atoms with E-state index in [0.717, 1.165) is 6.42 Å². The highest BCUT2D eigenvalue weighted by atomic mass is 16.4. The second kappa shape index (κ2) is 7.36. The Bertz CT molecular complexity index is 323. The van der Waals surface area contributed by atoms with Crippen molar-refractivity contribution in [1.82, 2.24) is 5.32 Å². The van der Waals surface area contributed by atoms with Crippen molar-refractivity contribution in [3.8, 4) is 0 Å². The Morgan fingerprint density at radius 1 is 1.26 bits per heavy atom. The van der Waals surface area contributed by atoms with Gasteiger partial charge in [0.05, 0.1) is 0 Å². The van der Waals surface area contributed by atoms with E-state index in [1.807, 2.05) is 0 Å². The number of nitrogens with one attached hydrogen (secondary N) is 1. The molecule has 0 heterocycles. The van der Waals surface area contributed by atoms with Gasteiger partial charge in [-0.1, -0.05) is 45.2 Å². The van der Waals surface area contributed by atoms with Gasteiger partial charge in [-0.05, 0) is 25.7 Å². The van der Waals surface area contributed by atoms with E-state index in [2.05, 4.69) is 31.2 Å². The van der Waals surface area contributed by atoms with Crippen LogP contribution in [0.1, 0.15) is 60.3 Å². The first-order valence-corrected chi connectivity index (χ1v) is 6.93. The van der Waals surface area contributed by atoms with Crippen molar-refractivity contribution in [2.24, 2.45) is 21.7 Å². The molecule has 0 bridgehead atoms. The lowest BCUT2D eigenvalue weighted by Crippen LogP contribution is -2.48. The smallest absolute Gasteiger partial charge is 0.233 e. The van der Waals surface area contributed by atoms with Crippen LogP contribution in [-0.2, 0) is 4.79 Å². The molecule has 0 aliphatic carbocycles. The minimum Gasteiger partial charge on any atom is -0.409 e. The van der Waals surface area contributed by atoms with Gasteiger partial charge in [-0.25, -0.2) is 0 Å². The molecule has 0 atom stereocenters. The molecule has 0 aromatic carbocycles. The summed E-state index contributed by atoms with van der Waals surface area (Å²) in [5.41, 5.74) is 4.60. The molecule has 0 spiro atoms. The SMILES string of the molecule is CCCCCC(C)(C)CNC(=O)C(C)(C)C(N)=NO. The Balaban J connectivity index is 4.36. The van der Waals surface area contributed by atoms with Crippen molar-refractivity contribution in [2.75, 3.05) is 6.54 Å². The minimum absolute atomic E-state index is 0.0615. The molecule has 0 aliphatic rings.